The van der Waals surface area contributed by atoms with Crippen LogP contribution in [0.25, 0.3) is 5.76 Å². The van der Waals surface area contributed by atoms with Gasteiger partial charge in [0.25, 0.3) is 5.78 Å². The third kappa shape index (κ3) is 3.90. The van der Waals surface area contributed by atoms with E-state index in [9.17, 15) is 14.7 Å². The van der Waals surface area contributed by atoms with E-state index in [0.29, 0.717) is 27.8 Å². The Bertz CT molecular complexity index is 1340. The third-order valence-electron chi connectivity index (χ3n) is 5.27. The topological polar surface area (TPSA) is 79.7 Å². The van der Waals surface area contributed by atoms with Crippen LogP contribution in [0, 0.1) is 0 Å². The lowest BCUT2D eigenvalue weighted by Gasteiger charge is -2.23. The van der Waals surface area contributed by atoms with Gasteiger partial charge in [0.1, 0.15) is 17.3 Å². The molecule has 1 aromatic heterocycles. The lowest BCUT2D eigenvalue weighted by atomic mass is 9.95. The molecule has 0 radical (unpaired) electrons. The normalized spacial score (nSPS) is 17.3. The van der Waals surface area contributed by atoms with Gasteiger partial charge in [-0.25, -0.2) is 4.98 Å². The van der Waals surface area contributed by atoms with Crippen molar-refractivity contribution >= 4 is 33.9 Å². The summed E-state index contributed by atoms with van der Waals surface area (Å²) in [5, 5.41) is 13.2. The highest BCUT2D eigenvalue weighted by molar-refractivity contribution is 7.14. The summed E-state index contributed by atoms with van der Waals surface area (Å²) in [7, 11) is 0. The van der Waals surface area contributed by atoms with Gasteiger partial charge in [-0.05, 0) is 29.8 Å². The Labute approximate surface area is 194 Å². The Morgan fingerprint density at radius 2 is 1.61 bits per heavy atom. The Morgan fingerprint density at radius 3 is 2.30 bits per heavy atom. The maximum absolute atomic E-state index is 13.1. The molecule has 7 heteroatoms. The molecule has 162 valence electrons. The quantitative estimate of drug-likeness (QED) is 0.243. The van der Waals surface area contributed by atoms with Crippen molar-refractivity contribution in [1.82, 2.24) is 4.98 Å². The number of hydrogen-bond acceptors (Lipinski definition) is 6. The van der Waals surface area contributed by atoms with E-state index in [1.165, 1.54) is 16.2 Å². The number of para-hydroxylation sites is 1. The molecule has 1 aliphatic heterocycles. The molecule has 0 spiro atoms. The molecule has 5 rings (SSSR count). The zero-order valence-electron chi connectivity index (χ0n) is 17.3. The number of amides is 1. The Morgan fingerprint density at radius 1 is 0.909 bits per heavy atom. The van der Waals surface area contributed by atoms with Crippen LogP contribution in [-0.2, 0) is 9.59 Å². The molecule has 1 amide bonds. The lowest BCUT2D eigenvalue weighted by molar-refractivity contribution is -0.132. The second kappa shape index (κ2) is 8.72. The first-order valence-corrected chi connectivity index (χ1v) is 11.1. The standard InChI is InChI=1S/C26H18N2O4S/c29-23(17-8-3-1-4-9-17)21-22(28(25(31)24(21)30)26-27-14-15-33-26)18-10-7-13-20(16-18)32-19-11-5-2-6-12-19/h1-16,22,29H/b23-21+. The number of carbonyl (C=O) groups is 2. The summed E-state index contributed by atoms with van der Waals surface area (Å²) in [4.78, 5) is 31.8. The van der Waals surface area contributed by atoms with Crippen LogP contribution in [-0.4, -0.2) is 21.8 Å². The molecule has 1 atom stereocenters. The molecular formula is C26H18N2O4S. The summed E-state index contributed by atoms with van der Waals surface area (Å²) in [6.07, 6.45) is 1.57. The number of Topliss-reactive ketones (excluding diaryl/α,β-unsaturated/α-hetero) is 1. The first-order valence-electron chi connectivity index (χ1n) is 10.2. The summed E-state index contributed by atoms with van der Waals surface area (Å²) >= 11 is 1.25. The Hall–Kier alpha value is -4.23. The maximum Gasteiger partial charge on any atom is 0.301 e. The summed E-state index contributed by atoms with van der Waals surface area (Å²) in [5.74, 6) is -0.517. The minimum absolute atomic E-state index is 0.0123. The van der Waals surface area contributed by atoms with E-state index in [1.54, 1.807) is 60.1 Å². The van der Waals surface area contributed by atoms with E-state index < -0.39 is 17.7 Å². The zero-order valence-corrected chi connectivity index (χ0v) is 18.1. The first-order chi connectivity index (χ1) is 16.1. The molecule has 4 aromatic rings. The summed E-state index contributed by atoms with van der Waals surface area (Å²) in [6, 6.07) is 24.3. The third-order valence-corrected chi connectivity index (χ3v) is 6.04. The molecule has 1 unspecified atom stereocenters. The van der Waals surface area contributed by atoms with E-state index in [1.807, 2.05) is 36.4 Å². The molecule has 33 heavy (non-hydrogen) atoms. The fourth-order valence-corrected chi connectivity index (χ4v) is 4.47. The number of aliphatic hydroxyl groups excluding tert-OH is 1. The fraction of sp³-hybridized carbons (Fsp3) is 0.0385. The number of ether oxygens (including phenoxy) is 1. The smallest absolute Gasteiger partial charge is 0.301 e. The predicted octanol–water partition coefficient (Wildman–Crippen LogP) is 5.56. The number of aromatic nitrogens is 1. The van der Waals surface area contributed by atoms with Crippen molar-refractivity contribution in [2.45, 2.75) is 6.04 Å². The highest BCUT2D eigenvalue weighted by atomic mass is 32.1. The molecule has 0 aliphatic carbocycles. The van der Waals surface area contributed by atoms with Crippen LogP contribution in [0.1, 0.15) is 17.2 Å². The van der Waals surface area contributed by atoms with Crippen molar-refractivity contribution < 1.29 is 19.4 Å². The molecule has 0 bridgehead atoms. The second-order valence-electron chi connectivity index (χ2n) is 7.34. The van der Waals surface area contributed by atoms with Gasteiger partial charge in [0, 0.05) is 17.1 Å². The molecule has 1 aliphatic rings. The van der Waals surface area contributed by atoms with E-state index in [4.69, 9.17) is 4.74 Å². The van der Waals surface area contributed by atoms with Gasteiger partial charge in [-0.2, -0.15) is 0 Å². The first kappa shape index (κ1) is 20.7. The van der Waals surface area contributed by atoms with Crippen molar-refractivity contribution in [3.8, 4) is 11.5 Å². The van der Waals surface area contributed by atoms with Crippen LogP contribution >= 0.6 is 11.3 Å². The number of nitrogens with zero attached hydrogens (tertiary/aromatic N) is 2. The van der Waals surface area contributed by atoms with E-state index in [-0.39, 0.29) is 11.3 Å². The number of rotatable bonds is 5. The van der Waals surface area contributed by atoms with Crippen molar-refractivity contribution in [3.63, 3.8) is 0 Å². The van der Waals surface area contributed by atoms with Gasteiger partial charge in [-0.15, -0.1) is 11.3 Å². The number of anilines is 1. The number of hydrogen-bond donors (Lipinski definition) is 1. The molecule has 1 saturated heterocycles. The van der Waals surface area contributed by atoms with Crippen LogP contribution < -0.4 is 9.64 Å². The fourth-order valence-electron chi connectivity index (χ4n) is 3.80. The molecule has 0 saturated carbocycles. The molecule has 2 heterocycles. The van der Waals surface area contributed by atoms with E-state index >= 15 is 0 Å². The summed E-state index contributed by atoms with van der Waals surface area (Å²) in [5.41, 5.74) is 1.09. The average Bonchev–Trinajstić information content (AvgIpc) is 3.47. The average molecular weight is 455 g/mol. The maximum atomic E-state index is 13.1. The molecule has 3 aromatic carbocycles. The van der Waals surface area contributed by atoms with Gasteiger partial charge in [0.15, 0.2) is 5.13 Å². The van der Waals surface area contributed by atoms with Crippen molar-refractivity contribution in [1.29, 1.82) is 0 Å². The Balaban J connectivity index is 1.65. The van der Waals surface area contributed by atoms with Crippen LogP contribution in [0.3, 0.4) is 0 Å². The highest BCUT2D eigenvalue weighted by Gasteiger charge is 2.48. The van der Waals surface area contributed by atoms with Crippen molar-refractivity contribution in [2.24, 2.45) is 0 Å². The summed E-state index contributed by atoms with van der Waals surface area (Å²) in [6.45, 7) is 0. The van der Waals surface area contributed by atoms with Crippen molar-refractivity contribution in [3.05, 3.63) is 113 Å². The predicted molar refractivity (Wildman–Crippen MR) is 126 cm³/mol. The van der Waals surface area contributed by atoms with Crippen LogP contribution in [0.5, 0.6) is 11.5 Å². The number of aliphatic hydroxyl groups is 1. The van der Waals surface area contributed by atoms with Crippen LogP contribution in [0.15, 0.2) is 102 Å². The van der Waals surface area contributed by atoms with Gasteiger partial charge < -0.3 is 9.84 Å². The summed E-state index contributed by atoms with van der Waals surface area (Å²) < 4.78 is 5.96. The molecule has 1 N–H and O–H groups in total. The van der Waals surface area contributed by atoms with Crippen LogP contribution in [0.4, 0.5) is 5.13 Å². The second-order valence-corrected chi connectivity index (χ2v) is 8.21. The monoisotopic (exact) mass is 454 g/mol. The number of carbonyl (C=O) groups excluding carboxylic acids is 2. The SMILES string of the molecule is O=C1C(=O)N(c2nccs2)C(c2cccc(Oc3ccccc3)c2)/C1=C(\O)c1ccccc1. The zero-order chi connectivity index (χ0) is 22.8. The molecular weight excluding hydrogens is 436 g/mol. The minimum atomic E-state index is -0.851. The van der Waals surface area contributed by atoms with Gasteiger partial charge >= 0.3 is 5.91 Å². The highest BCUT2D eigenvalue weighted by Crippen LogP contribution is 2.43. The van der Waals surface area contributed by atoms with Gasteiger partial charge in [-0.1, -0.05) is 60.7 Å². The number of thiazole rings is 1. The minimum Gasteiger partial charge on any atom is -0.507 e. The lowest BCUT2D eigenvalue weighted by Crippen LogP contribution is -2.29. The largest absolute Gasteiger partial charge is 0.507 e. The number of ketones is 1. The Kier molecular flexibility index (Phi) is 5.46. The van der Waals surface area contributed by atoms with E-state index in [2.05, 4.69) is 4.98 Å². The molecule has 1 fully saturated rings. The van der Waals surface area contributed by atoms with Crippen LogP contribution in [0.2, 0.25) is 0 Å². The number of benzene rings is 3. The van der Waals surface area contributed by atoms with Crippen molar-refractivity contribution in [2.75, 3.05) is 4.90 Å². The van der Waals surface area contributed by atoms with Gasteiger partial charge in [0.05, 0.1) is 11.6 Å². The van der Waals surface area contributed by atoms with Gasteiger partial charge in [0.2, 0.25) is 0 Å². The van der Waals surface area contributed by atoms with E-state index in [0.717, 1.165) is 0 Å². The molecule has 6 nitrogen and oxygen atoms in total. The van der Waals surface area contributed by atoms with Gasteiger partial charge in [-0.3, -0.25) is 14.5 Å².